The van der Waals surface area contributed by atoms with Crippen molar-refractivity contribution in [1.82, 2.24) is 20.0 Å². The number of hydrogen-bond donors (Lipinski definition) is 1. The lowest BCUT2D eigenvalue weighted by Crippen LogP contribution is -2.43. The van der Waals surface area contributed by atoms with Crippen molar-refractivity contribution in [3.05, 3.63) is 75.2 Å². The molecule has 194 valence electrons. The molecule has 0 saturated carbocycles. The van der Waals surface area contributed by atoms with E-state index < -0.39 is 0 Å². The number of rotatable bonds is 10. The molecule has 0 radical (unpaired) electrons. The van der Waals surface area contributed by atoms with Gasteiger partial charge in [0.2, 0.25) is 5.91 Å². The molecule has 2 atom stereocenters. The molecule has 1 N–H and O–H groups in total. The number of methoxy groups -OCH3 is 1. The highest BCUT2D eigenvalue weighted by atomic mass is 35.5. The number of nitrogens with zero attached hydrogens (tertiary/aromatic N) is 3. The van der Waals surface area contributed by atoms with Crippen LogP contribution in [0.3, 0.4) is 0 Å². The maximum atomic E-state index is 13.3. The number of aromatic nitrogens is 2. The third-order valence-electron chi connectivity index (χ3n) is 6.67. The van der Waals surface area contributed by atoms with E-state index in [0.717, 1.165) is 36.0 Å². The number of halogens is 2. The normalized spacial score (nSPS) is 16.6. The van der Waals surface area contributed by atoms with Gasteiger partial charge >= 0.3 is 0 Å². The SMILES string of the molecule is COCCNC(=O)C(C)CN1CCC[C@@H]1Cn1nc(Cc2ccc(Cl)cc2)c2ccccc2c1=O.Cl. The van der Waals surface area contributed by atoms with Gasteiger partial charge in [0, 0.05) is 49.0 Å². The highest BCUT2D eigenvalue weighted by molar-refractivity contribution is 6.30. The van der Waals surface area contributed by atoms with Gasteiger partial charge in [-0.15, -0.1) is 12.4 Å². The molecule has 0 spiro atoms. The lowest BCUT2D eigenvalue weighted by atomic mass is 10.0. The van der Waals surface area contributed by atoms with Crippen molar-refractivity contribution >= 4 is 40.7 Å². The second kappa shape index (κ2) is 13.2. The Balaban J connectivity index is 0.00000361. The second-order valence-corrected chi connectivity index (χ2v) is 9.70. The summed E-state index contributed by atoms with van der Waals surface area (Å²) < 4.78 is 6.64. The molecule has 1 unspecified atom stereocenters. The number of hydrogen-bond acceptors (Lipinski definition) is 5. The van der Waals surface area contributed by atoms with E-state index in [0.29, 0.717) is 43.1 Å². The number of benzene rings is 2. The van der Waals surface area contributed by atoms with E-state index in [1.165, 1.54) is 0 Å². The molecule has 7 nitrogen and oxygen atoms in total. The van der Waals surface area contributed by atoms with Crippen LogP contribution in [0.5, 0.6) is 0 Å². The van der Waals surface area contributed by atoms with Crippen LogP contribution in [0.2, 0.25) is 5.02 Å². The maximum absolute atomic E-state index is 13.3. The molecule has 0 aliphatic carbocycles. The molecule has 9 heteroatoms. The molecule has 36 heavy (non-hydrogen) atoms. The van der Waals surface area contributed by atoms with Crippen LogP contribution in [-0.2, 0) is 22.5 Å². The quantitative estimate of drug-likeness (QED) is 0.400. The van der Waals surface area contributed by atoms with Gasteiger partial charge in [0.05, 0.1) is 24.2 Å². The summed E-state index contributed by atoms with van der Waals surface area (Å²) in [5.41, 5.74) is 1.89. The summed E-state index contributed by atoms with van der Waals surface area (Å²) in [5.74, 6) is -0.117. The van der Waals surface area contributed by atoms with Crippen LogP contribution in [0.1, 0.15) is 31.0 Å². The molecule has 4 rings (SSSR count). The van der Waals surface area contributed by atoms with E-state index in [1.54, 1.807) is 11.8 Å². The van der Waals surface area contributed by atoms with Crippen LogP contribution in [0, 0.1) is 5.92 Å². The molecule has 1 amide bonds. The molecule has 3 aromatic rings. The number of amides is 1. The maximum Gasteiger partial charge on any atom is 0.274 e. The fourth-order valence-corrected chi connectivity index (χ4v) is 4.91. The molecule has 1 fully saturated rings. The van der Waals surface area contributed by atoms with E-state index in [4.69, 9.17) is 21.4 Å². The van der Waals surface area contributed by atoms with Crippen molar-refractivity contribution < 1.29 is 9.53 Å². The number of ether oxygens (including phenoxy) is 1. The summed E-state index contributed by atoms with van der Waals surface area (Å²) >= 11 is 6.06. The number of carbonyl (C=O) groups excluding carboxylic acids is 1. The van der Waals surface area contributed by atoms with Gasteiger partial charge in [0.1, 0.15) is 0 Å². The zero-order valence-corrected chi connectivity index (χ0v) is 22.4. The summed E-state index contributed by atoms with van der Waals surface area (Å²) in [6, 6.07) is 15.6. The Bertz CT molecular complexity index is 1220. The minimum atomic E-state index is -0.144. The van der Waals surface area contributed by atoms with E-state index >= 15 is 0 Å². The Morgan fingerprint density at radius 1 is 1.19 bits per heavy atom. The molecule has 1 saturated heterocycles. The Morgan fingerprint density at radius 2 is 1.92 bits per heavy atom. The summed E-state index contributed by atoms with van der Waals surface area (Å²) in [5, 5.41) is 10.0. The van der Waals surface area contributed by atoms with Gasteiger partial charge < -0.3 is 10.1 Å². The minimum Gasteiger partial charge on any atom is -0.383 e. The predicted molar refractivity (Wildman–Crippen MR) is 146 cm³/mol. The molecule has 1 aliphatic heterocycles. The van der Waals surface area contributed by atoms with E-state index in [-0.39, 0.29) is 35.8 Å². The van der Waals surface area contributed by atoms with Crippen molar-refractivity contribution in [3.63, 3.8) is 0 Å². The lowest BCUT2D eigenvalue weighted by Gasteiger charge is -2.27. The first-order chi connectivity index (χ1) is 17.0. The fraction of sp³-hybridized carbons (Fsp3) is 0.444. The molecule has 1 aromatic heterocycles. The standard InChI is InChI=1S/C27H33ClN4O3.ClH/c1-19(26(33)29-13-15-35-2)17-31-14-5-6-22(31)18-32-27(34)24-8-4-3-7-23(24)25(30-32)16-20-9-11-21(28)12-10-20;/h3-4,7-12,19,22H,5-6,13-18H2,1-2H3,(H,29,33);1H/t19?,22-;/m1./s1. The van der Waals surface area contributed by atoms with Crippen molar-refractivity contribution in [2.45, 2.75) is 38.8 Å². The van der Waals surface area contributed by atoms with Crippen LogP contribution < -0.4 is 10.9 Å². The fourth-order valence-electron chi connectivity index (χ4n) is 4.78. The zero-order chi connectivity index (χ0) is 24.8. The number of carbonyl (C=O) groups is 1. The lowest BCUT2D eigenvalue weighted by molar-refractivity contribution is -0.125. The average Bonchev–Trinajstić information content (AvgIpc) is 3.29. The molecule has 2 aromatic carbocycles. The van der Waals surface area contributed by atoms with Crippen molar-refractivity contribution in [2.24, 2.45) is 5.92 Å². The summed E-state index contributed by atoms with van der Waals surface area (Å²) in [7, 11) is 1.62. The Kier molecular flexibility index (Phi) is 10.3. The second-order valence-electron chi connectivity index (χ2n) is 9.26. The van der Waals surface area contributed by atoms with E-state index in [2.05, 4.69) is 10.2 Å². The highest BCUT2D eigenvalue weighted by Crippen LogP contribution is 2.22. The van der Waals surface area contributed by atoms with Crippen molar-refractivity contribution in [2.75, 3.05) is 33.4 Å². The molecular weight excluding hydrogens is 499 g/mol. The third-order valence-corrected chi connectivity index (χ3v) is 6.93. The van der Waals surface area contributed by atoms with Crippen molar-refractivity contribution in [1.29, 1.82) is 0 Å². The Morgan fingerprint density at radius 3 is 2.64 bits per heavy atom. The third kappa shape index (κ3) is 6.85. The molecular formula is C27H34Cl2N4O3. The topological polar surface area (TPSA) is 76.5 Å². The first-order valence-corrected chi connectivity index (χ1v) is 12.6. The van der Waals surface area contributed by atoms with Crippen molar-refractivity contribution in [3.8, 4) is 0 Å². The van der Waals surface area contributed by atoms with Gasteiger partial charge in [-0.1, -0.05) is 48.9 Å². The van der Waals surface area contributed by atoms with Gasteiger partial charge in [-0.05, 0) is 43.1 Å². The monoisotopic (exact) mass is 532 g/mol. The van der Waals surface area contributed by atoms with Gasteiger partial charge in [-0.3, -0.25) is 14.5 Å². The smallest absolute Gasteiger partial charge is 0.274 e. The Hall–Kier alpha value is -2.45. The average molecular weight is 534 g/mol. The van der Waals surface area contributed by atoms with Gasteiger partial charge in [0.25, 0.3) is 5.56 Å². The van der Waals surface area contributed by atoms with Crippen LogP contribution in [0.15, 0.2) is 53.3 Å². The van der Waals surface area contributed by atoms with Gasteiger partial charge in [-0.2, -0.15) is 5.10 Å². The first kappa shape index (κ1) is 28.1. The Labute approximate surface area is 223 Å². The van der Waals surface area contributed by atoms with Gasteiger partial charge in [0.15, 0.2) is 0 Å². The minimum absolute atomic E-state index is 0. The number of likely N-dealkylation sites (tertiary alicyclic amines) is 1. The molecule has 0 bridgehead atoms. The van der Waals surface area contributed by atoms with Gasteiger partial charge in [-0.25, -0.2) is 4.68 Å². The number of nitrogens with one attached hydrogen (secondary N) is 1. The highest BCUT2D eigenvalue weighted by Gasteiger charge is 2.29. The number of fused-ring (bicyclic) bond motifs is 1. The molecule has 2 heterocycles. The summed E-state index contributed by atoms with van der Waals surface area (Å²) in [6.07, 6.45) is 2.64. The first-order valence-electron chi connectivity index (χ1n) is 12.2. The largest absolute Gasteiger partial charge is 0.383 e. The van der Waals surface area contributed by atoms with Crippen LogP contribution in [0.25, 0.3) is 10.8 Å². The molecule has 1 aliphatic rings. The zero-order valence-electron chi connectivity index (χ0n) is 20.8. The van der Waals surface area contributed by atoms with Crippen LogP contribution >= 0.6 is 24.0 Å². The van der Waals surface area contributed by atoms with E-state index in [1.807, 2.05) is 55.5 Å². The predicted octanol–water partition coefficient (Wildman–Crippen LogP) is 3.93. The van der Waals surface area contributed by atoms with Crippen LogP contribution in [0.4, 0.5) is 0 Å². The van der Waals surface area contributed by atoms with E-state index in [9.17, 15) is 9.59 Å². The summed E-state index contributed by atoms with van der Waals surface area (Å²) in [4.78, 5) is 28.1. The van der Waals surface area contributed by atoms with Crippen LogP contribution in [-0.4, -0.2) is 60.0 Å². The summed E-state index contributed by atoms with van der Waals surface area (Å²) in [6.45, 7) is 5.04.